The molecule has 148 valence electrons. The van der Waals surface area contributed by atoms with Crippen LogP contribution in [0.1, 0.15) is 65.2 Å². The summed E-state index contributed by atoms with van der Waals surface area (Å²) in [7, 11) is 0. The fourth-order valence-electron chi connectivity index (χ4n) is 4.51. The molecule has 0 amide bonds. The van der Waals surface area contributed by atoms with Crippen molar-refractivity contribution >= 4 is 22.4 Å². The normalized spacial score (nSPS) is 24.1. The molecule has 0 radical (unpaired) electrons. The second-order valence-electron chi connectivity index (χ2n) is 7.97. The van der Waals surface area contributed by atoms with Crippen molar-refractivity contribution in [3.8, 4) is 5.75 Å². The lowest BCUT2D eigenvalue weighted by Crippen LogP contribution is -2.45. The number of H-pyrrole nitrogens is 1. The second kappa shape index (κ2) is 8.66. The van der Waals surface area contributed by atoms with Gasteiger partial charge in [-0.1, -0.05) is 38.3 Å². The van der Waals surface area contributed by atoms with Crippen LogP contribution in [-0.2, 0) is 0 Å². The van der Waals surface area contributed by atoms with Gasteiger partial charge in [0.1, 0.15) is 5.75 Å². The third-order valence-corrected chi connectivity index (χ3v) is 6.60. The Bertz CT molecular complexity index is 825. The largest absolute Gasteiger partial charge is 0.489 e. The van der Waals surface area contributed by atoms with E-state index in [9.17, 15) is 4.79 Å². The van der Waals surface area contributed by atoms with E-state index in [0.29, 0.717) is 16.2 Å². The Morgan fingerprint density at radius 2 is 2.07 bits per heavy atom. The zero-order chi connectivity index (χ0) is 19.4. The number of halogens is 1. The Kier molecular flexibility index (Phi) is 6.48. The van der Waals surface area contributed by atoms with Crippen molar-refractivity contribution in [2.45, 2.75) is 77.4 Å². The summed E-state index contributed by atoms with van der Waals surface area (Å²) in [6, 6.07) is 5.72. The zero-order valence-corrected chi connectivity index (χ0v) is 17.1. The number of hydrogen-bond donors (Lipinski definition) is 2. The van der Waals surface area contributed by atoms with E-state index in [2.05, 4.69) is 18.8 Å². The molecule has 1 aromatic heterocycles. The molecule has 27 heavy (non-hydrogen) atoms. The number of unbranched alkanes of at least 4 members (excludes halogenated alkanes) is 1. The molecule has 1 aromatic carbocycles. The zero-order valence-electron chi connectivity index (χ0n) is 16.4. The van der Waals surface area contributed by atoms with Crippen LogP contribution in [0.4, 0.5) is 0 Å². The third-order valence-electron chi connectivity index (χ3n) is 6.30. The van der Waals surface area contributed by atoms with Crippen LogP contribution in [0, 0.1) is 5.41 Å². The molecule has 0 saturated heterocycles. The molecule has 1 aliphatic carbocycles. The molecule has 5 heteroatoms. The van der Waals surface area contributed by atoms with Crippen molar-refractivity contribution in [2.75, 3.05) is 0 Å². The number of benzene rings is 1. The highest BCUT2D eigenvalue weighted by Crippen LogP contribution is 2.45. The Morgan fingerprint density at radius 1 is 1.33 bits per heavy atom. The van der Waals surface area contributed by atoms with E-state index in [1.54, 1.807) is 12.3 Å². The lowest BCUT2D eigenvalue weighted by molar-refractivity contribution is 0.0518. The van der Waals surface area contributed by atoms with Crippen LogP contribution >= 0.6 is 11.6 Å². The van der Waals surface area contributed by atoms with Crippen molar-refractivity contribution in [3.05, 3.63) is 39.8 Å². The van der Waals surface area contributed by atoms with Gasteiger partial charge in [-0.15, -0.1) is 0 Å². The summed E-state index contributed by atoms with van der Waals surface area (Å²) in [6.07, 6.45) is 10.7. The fourth-order valence-corrected chi connectivity index (χ4v) is 4.72. The SMILES string of the molecule is CCCC[C@]1([C@H](N)CC)CC[C@H](Oc2cc3cc[nH]c(=O)c3cc2Cl)CC1. The van der Waals surface area contributed by atoms with E-state index < -0.39 is 0 Å². The topological polar surface area (TPSA) is 68.1 Å². The molecule has 1 aliphatic rings. The van der Waals surface area contributed by atoms with Crippen LogP contribution < -0.4 is 16.0 Å². The number of nitrogens with one attached hydrogen (secondary N) is 1. The van der Waals surface area contributed by atoms with Crippen LogP contribution in [0.15, 0.2) is 29.2 Å². The molecule has 1 saturated carbocycles. The van der Waals surface area contributed by atoms with Gasteiger partial charge in [-0.05, 0) is 67.5 Å². The number of aromatic amines is 1. The monoisotopic (exact) mass is 390 g/mol. The van der Waals surface area contributed by atoms with Gasteiger partial charge >= 0.3 is 0 Å². The molecule has 0 bridgehead atoms. The first-order valence-corrected chi connectivity index (χ1v) is 10.6. The molecule has 3 rings (SSSR count). The highest BCUT2D eigenvalue weighted by atomic mass is 35.5. The van der Waals surface area contributed by atoms with Gasteiger partial charge in [-0.3, -0.25) is 4.79 Å². The molecule has 0 spiro atoms. The molecular formula is C22H31ClN2O2. The van der Waals surface area contributed by atoms with E-state index in [1.807, 2.05) is 12.1 Å². The molecule has 2 aromatic rings. The molecule has 0 unspecified atom stereocenters. The highest BCUT2D eigenvalue weighted by molar-refractivity contribution is 6.32. The number of aromatic nitrogens is 1. The Balaban J connectivity index is 1.72. The maximum absolute atomic E-state index is 11.9. The first kappa shape index (κ1) is 20.2. The standard InChI is InChI=1S/C22H31ClN2O2/c1-3-5-9-22(20(24)4-2)10-6-16(7-11-22)27-19-13-15-8-12-25-21(26)17(15)14-18(19)23/h8,12-14,16,20H,3-7,9-11,24H2,1-2H3,(H,25,26)/t16-,20-,22-/m1/s1. The lowest BCUT2D eigenvalue weighted by atomic mass is 9.65. The van der Waals surface area contributed by atoms with Crippen LogP contribution in [0.5, 0.6) is 5.75 Å². The summed E-state index contributed by atoms with van der Waals surface area (Å²) in [6.45, 7) is 4.43. The number of rotatable bonds is 7. The van der Waals surface area contributed by atoms with Gasteiger partial charge in [0.2, 0.25) is 0 Å². The predicted octanol–water partition coefficient (Wildman–Crippen LogP) is 5.42. The minimum absolute atomic E-state index is 0.132. The smallest absolute Gasteiger partial charge is 0.255 e. The van der Waals surface area contributed by atoms with E-state index in [0.717, 1.165) is 37.5 Å². The van der Waals surface area contributed by atoms with Gasteiger partial charge in [-0.25, -0.2) is 0 Å². The number of ether oxygens (including phenoxy) is 1. The number of hydrogen-bond acceptors (Lipinski definition) is 3. The number of pyridine rings is 1. The average molecular weight is 391 g/mol. The Morgan fingerprint density at radius 3 is 2.74 bits per heavy atom. The van der Waals surface area contributed by atoms with E-state index >= 15 is 0 Å². The molecule has 3 N–H and O–H groups in total. The molecular weight excluding hydrogens is 360 g/mol. The lowest BCUT2D eigenvalue weighted by Gasteiger charge is -2.44. The molecule has 1 fully saturated rings. The summed E-state index contributed by atoms with van der Waals surface area (Å²) in [5, 5.41) is 1.93. The van der Waals surface area contributed by atoms with Gasteiger partial charge in [0.15, 0.2) is 0 Å². The first-order chi connectivity index (χ1) is 13.0. The second-order valence-corrected chi connectivity index (χ2v) is 8.38. The van der Waals surface area contributed by atoms with Crippen molar-refractivity contribution < 1.29 is 4.74 Å². The van der Waals surface area contributed by atoms with Gasteiger partial charge in [-0.2, -0.15) is 0 Å². The third kappa shape index (κ3) is 4.33. The van der Waals surface area contributed by atoms with Crippen LogP contribution in [0.2, 0.25) is 5.02 Å². The van der Waals surface area contributed by atoms with Gasteiger partial charge in [0.25, 0.3) is 5.56 Å². The quantitative estimate of drug-likeness (QED) is 0.663. The molecule has 4 nitrogen and oxygen atoms in total. The molecule has 1 heterocycles. The van der Waals surface area contributed by atoms with Gasteiger partial charge < -0.3 is 15.5 Å². The fraction of sp³-hybridized carbons (Fsp3) is 0.591. The van der Waals surface area contributed by atoms with Gasteiger partial charge in [0, 0.05) is 17.6 Å². The summed E-state index contributed by atoms with van der Waals surface area (Å²) < 4.78 is 6.26. The van der Waals surface area contributed by atoms with Crippen molar-refractivity contribution in [2.24, 2.45) is 11.1 Å². The van der Waals surface area contributed by atoms with Crippen molar-refractivity contribution in [3.63, 3.8) is 0 Å². The number of fused-ring (bicyclic) bond motifs is 1. The maximum atomic E-state index is 11.9. The van der Waals surface area contributed by atoms with E-state index in [-0.39, 0.29) is 23.1 Å². The Labute approximate surface area is 166 Å². The summed E-state index contributed by atoms with van der Waals surface area (Å²) in [4.78, 5) is 14.6. The summed E-state index contributed by atoms with van der Waals surface area (Å²) >= 11 is 6.39. The molecule has 0 aliphatic heterocycles. The van der Waals surface area contributed by atoms with E-state index in [1.165, 1.54) is 19.3 Å². The predicted molar refractivity (Wildman–Crippen MR) is 113 cm³/mol. The average Bonchev–Trinajstić information content (AvgIpc) is 2.68. The van der Waals surface area contributed by atoms with Crippen LogP contribution in [0.3, 0.4) is 0 Å². The van der Waals surface area contributed by atoms with Crippen molar-refractivity contribution in [1.29, 1.82) is 0 Å². The van der Waals surface area contributed by atoms with E-state index in [4.69, 9.17) is 22.1 Å². The summed E-state index contributed by atoms with van der Waals surface area (Å²) in [5.74, 6) is 0.667. The highest BCUT2D eigenvalue weighted by Gasteiger charge is 2.39. The minimum atomic E-state index is -0.132. The Hall–Kier alpha value is -1.52. The van der Waals surface area contributed by atoms with Crippen LogP contribution in [-0.4, -0.2) is 17.1 Å². The first-order valence-electron chi connectivity index (χ1n) is 10.2. The minimum Gasteiger partial charge on any atom is -0.489 e. The van der Waals surface area contributed by atoms with Crippen molar-refractivity contribution in [1.82, 2.24) is 4.98 Å². The number of nitrogens with two attached hydrogens (primary N) is 1. The molecule has 1 atom stereocenters. The van der Waals surface area contributed by atoms with Gasteiger partial charge in [0.05, 0.1) is 11.1 Å². The van der Waals surface area contributed by atoms with Crippen LogP contribution in [0.25, 0.3) is 10.8 Å². The maximum Gasteiger partial charge on any atom is 0.255 e. The summed E-state index contributed by atoms with van der Waals surface area (Å²) in [5.41, 5.74) is 6.65.